The minimum atomic E-state index is 0.252. The molecule has 0 spiro atoms. The van der Waals surface area contributed by atoms with Gasteiger partial charge in [-0.1, -0.05) is 11.3 Å². The first-order valence-electron chi connectivity index (χ1n) is 7.92. The van der Waals surface area contributed by atoms with Gasteiger partial charge in [0.15, 0.2) is 0 Å². The standard InChI is InChI=1S/C17H13N5OS/c23-22-17-18-8-14(24-17)16-10-4-2-1-3-9(10)15-11-7-19-21-12(11)5-6-13(15)20-16/h5-8H,1-4H2,(H,19,21). The quantitative estimate of drug-likeness (QED) is 0.546. The fourth-order valence-corrected chi connectivity index (χ4v) is 4.38. The van der Waals surface area contributed by atoms with Crippen LogP contribution in [0.25, 0.3) is 32.4 Å². The van der Waals surface area contributed by atoms with Crippen molar-refractivity contribution in [1.29, 1.82) is 0 Å². The van der Waals surface area contributed by atoms with Crippen LogP contribution in [0.15, 0.2) is 29.7 Å². The Kier molecular flexibility index (Phi) is 2.96. The van der Waals surface area contributed by atoms with E-state index in [-0.39, 0.29) is 5.13 Å². The minimum Gasteiger partial charge on any atom is -0.278 e. The summed E-state index contributed by atoms with van der Waals surface area (Å²) in [5.74, 6) is 0. The molecule has 0 atom stereocenters. The van der Waals surface area contributed by atoms with Gasteiger partial charge in [-0.25, -0.2) is 9.97 Å². The predicted molar refractivity (Wildman–Crippen MR) is 94.6 cm³/mol. The number of nitroso groups, excluding NO2 is 1. The molecule has 0 fully saturated rings. The molecule has 0 bridgehead atoms. The van der Waals surface area contributed by atoms with Crippen LogP contribution in [0.3, 0.4) is 0 Å². The molecule has 0 unspecified atom stereocenters. The molecule has 5 rings (SSSR count). The summed E-state index contributed by atoms with van der Waals surface area (Å²) in [5, 5.41) is 12.8. The zero-order chi connectivity index (χ0) is 16.1. The summed E-state index contributed by atoms with van der Waals surface area (Å²) in [6, 6.07) is 4.05. The lowest BCUT2D eigenvalue weighted by Gasteiger charge is -2.21. The molecule has 0 amide bonds. The number of hydrogen-bond donors (Lipinski definition) is 1. The van der Waals surface area contributed by atoms with Crippen LogP contribution in [-0.4, -0.2) is 20.2 Å². The largest absolute Gasteiger partial charge is 0.278 e. The third-order valence-electron chi connectivity index (χ3n) is 4.69. The molecule has 1 aliphatic rings. The van der Waals surface area contributed by atoms with Gasteiger partial charge in [0.05, 0.1) is 27.8 Å². The molecule has 6 nitrogen and oxygen atoms in total. The summed E-state index contributed by atoms with van der Waals surface area (Å²) in [6.45, 7) is 0. The van der Waals surface area contributed by atoms with Crippen molar-refractivity contribution in [2.45, 2.75) is 25.7 Å². The molecule has 0 radical (unpaired) electrons. The predicted octanol–water partition coefficient (Wildman–Crippen LogP) is 4.51. The SMILES string of the molecule is O=Nc1ncc(-c2nc3ccc4[nH]ncc4c3c3c2CCCC3)s1. The number of nitrogens with zero attached hydrogens (tertiary/aromatic N) is 4. The zero-order valence-corrected chi connectivity index (χ0v) is 13.6. The van der Waals surface area contributed by atoms with E-state index in [1.807, 2.05) is 18.3 Å². The van der Waals surface area contributed by atoms with E-state index in [1.165, 1.54) is 34.3 Å². The van der Waals surface area contributed by atoms with Crippen LogP contribution in [0.5, 0.6) is 0 Å². The highest BCUT2D eigenvalue weighted by Gasteiger charge is 2.22. The van der Waals surface area contributed by atoms with Crippen molar-refractivity contribution >= 4 is 38.3 Å². The number of fused-ring (bicyclic) bond motifs is 5. The van der Waals surface area contributed by atoms with Gasteiger partial charge in [-0.3, -0.25) is 5.10 Å². The summed E-state index contributed by atoms with van der Waals surface area (Å²) in [5.41, 5.74) is 5.60. The number of pyridine rings is 1. The first-order valence-corrected chi connectivity index (χ1v) is 8.74. The van der Waals surface area contributed by atoms with Gasteiger partial charge < -0.3 is 0 Å². The zero-order valence-electron chi connectivity index (χ0n) is 12.7. The van der Waals surface area contributed by atoms with Crippen molar-refractivity contribution < 1.29 is 0 Å². The van der Waals surface area contributed by atoms with E-state index in [0.29, 0.717) is 0 Å². The molecular weight excluding hydrogens is 322 g/mol. The van der Waals surface area contributed by atoms with Crippen molar-refractivity contribution in [3.05, 3.63) is 40.6 Å². The Bertz CT molecular complexity index is 1100. The maximum Gasteiger partial charge on any atom is 0.252 e. The summed E-state index contributed by atoms with van der Waals surface area (Å²) >= 11 is 1.30. The number of aromatic amines is 1. The van der Waals surface area contributed by atoms with Gasteiger partial charge >= 0.3 is 0 Å². The number of thiazole rings is 1. The number of H-pyrrole nitrogens is 1. The van der Waals surface area contributed by atoms with Gasteiger partial charge in [-0.05, 0) is 48.9 Å². The maximum absolute atomic E-state index is 10.7. The Morgan fingerprint density at radius 1 is 1.12 bits per heavy atom. The second-order valence-electron chi connectivity index (χ2n) is 6.01. The Balaban J connectivity index is 1.88. The van der Waals surface area contributed by atoms with Crippen LogP contribution in [0.1, 0.15) is 24.0 Å². The summed E-state index contributed by atoms with van der Waals surface area (Å²) in [4.78, 5) is 20.6. The summed E-state index contributed by atoms with van der Waals surface area (Å²) < 4.78 is 0. The monoisotopic (exact) mass is 335 g/mol. The van der Waals surface area contributed by atoms with Crippen LogP contribution < -0.4 is 0 Å². The number of rotatable bonds is 2. The van der Waals surface area contributed by atoms with Crippen molar-refractivity contribution in [2.75, 3.05) is 0 Å². The van der Waals surface area contributed by atoms with Crippen LogP contribution >= 0.6 is 11.3 Å². The average Bonchev–Trinajstić information content (AvgIpc) is 3.29. The molecule has 0 saturated carbocycles. The van der Waals surface area contributed by atoms with Crippen LogP contribution in [-0.2, 0) is 12.8 Å². The number of nitrogens with one attached hydrogen (secondary N) is 1. The third kappa shape index (κ3) is 1.91. The van der Waals surface area contributed by atoms with E-state index in [0.717, 1.165) is 46.3 Å². The van der Waals surface area contributed by atoms with Gasteiger partial charge in [0.1, 0.15) is 0 Å². The maximum atomic E-state index is 10.7. The molecular formula is C17H13N5OS. The van der Waals surface area contributed by atoms with E-state index in [4.69, 9.17) is 4.98 Å². The van der Waals surface area contributed by atoms with Crippen LogP contribution in [0.2, 0.25) is 0 Å². The van der Waals surface area contributed by atoms with Gasteiger partial charge in [0.25, 0.3) is 5.13 Å². The molecule has 24 heavy (non-hydrogen) atoms. The van der Waals surface area contributed by atoms with Crippen molar-refractivity contribution in [2.24, 2.45) is 5.18 Å². The molecule has 3 aromatic heterocycles. The van der Waals surface area contributed by atoms with E-state index in [2.05, 4.69) is 20.4 Å². The average molecular weight is 335 g/mol. The molecule has 4 aromatic rings. The topological polar surface area (TPSA) is 83.9 Å². The van der Waals surface area contributed by atoms with Gasteiger partial charge in [0.2, 0.25) is 0 Å². The third-order valence-corrected chi connectivity index (χ3v) is 5.58. The Hall–Kier alpha value is -2.67. The fourth-order valence-electron chi connectivity index (χ4n) is 3.67. The molecule has 3 heterocycles. The molecule has 1 aromatic carbocycles. The normalized spacial score (nSPS) is 14.2. The first-order chi connectivity index (χ1) is 11.8. The van der Waals surface area contributed by atoms with Crippen LogP contribution in [0, 0.1) is 4.91 Å². The summed E-state index contributed by atoms with van der Waals surface area (Å²) in [6.07, 6.45) is 7.98. The smallest absolute Gasteiger partial charge is 0.252 e. The van der Waals surface area contributed by atoms with E-state index >= 15 is 0 Å². The molecule has 1 N–H and O–H groups in total. The van der Waals surface area contributed by atoms with E-state index in [9.17, 15) is 4.91 Å². The second-order valence-corrected chi connectivity index (χ2v) is 7.02. The Morgan fingerprint density at radius 3 is 2.83 bits per heavy atom. The molecule has 0 aliphatic heterocycles. The second kappa shape index (κ2) is 5.17. The molecule has 1 aliphatic carbocycles. The molecule has 0 saturated heterocycles. The molecule has 118 valence electrons. The highest BCUT2D eigenvalue weighted by Crippen LogP contribution is 2.40. The number of benzene rings is 1. The minimum absolute atomic E-state index is 0.252. The van der Waals surface area contributed by atoms with Gasteiger partial charge in [-0.15, -0.1) is 4.91 Å². The lowest BCUT2D eigenvalue weighted by atomic mass is 9.87. The van der Waals surface area contributed by atoms with Crippen LogP contribution in [0.4, 0.5) is 5.13 Å². The van der Waals surface area contributed by atoms with Gasteiger partial charge in [0, 0.05) is 22.1 Å². The highest BCUT2D eigenvalue weighted by atomic mass is 32.1. The molecule has 7 heteroatoms. The van der Waals surface area contributed by atoms with Gasteiger partial charge in [-0.2, -0.15) is 5.10 Å². The number of aromatic nitrogens is 4. The van der Waals surface area contributed by atoms with Crippen molar-refractivity contribution in [3.63, 3.8) is 0 Å². The summed E-state index contributed by atoms with van der Waals surface area (Å²) in [7, 11) is 0. The van der Waals surface area contributed by atoms with Crippen molar-refractivity contribution in [1.82, 2.24) is 20.2 Å². The Morgan fingerprint density at radius 2 is 2.00 bits per heavy atom. The number of aryl methyl sites for hydroxylation is 1. The fraction of sp³-hybridized carbons (Fsp3) is 0.235. The van der Waals surface area contributed by atoms with E-state index in [1.54, 1.807) is 6.20 Å². The first kappa shape index (κ1) is 13.7. The lowest BCUT2D eigenvalue weighted by molar-refractivity contribution is 0.689. The van der Waals surface area contributed by atoms with Crippen molar-refractivity contribution in [3.8, 4) is 10.6 Å². The Labute approximate surface area is 140 Å². The number of hydrogen-bond acceptors (Lipinski definition) is 6. The highest BCUT2D eigenvalue weighted by molar-refractivity contribution is 7.18. The van der Waals surface area contributed by atoms with E-state index < -0.39 is 0 Å². The lowest BCUT2D eigenvalue weighted by Crippen LogP contribution is -2.07.